The predicted octanol–water partition coefficient (Wildman–Crippen LogP) is 6.20. The third-order valence-electron chi connectivity index (χ3n) is 5.47. The Morgan fingerprint density at radius 2 is 1.24 bits per heavy atom. The van der Waals surface area contributed by atoms with Crippen LogP contribution in [0.2, 0.25) is 5.02 Å². The van der Waals surface area contributed by atoms with Crippen LogP contribution >= 0.6 is 11.6 Å². The van der Waals surface area contributed by atoms with Crippen LogP contribution in [0.3, 0.4) is 0 Å². The Kier molecular flexibility index (Phi) is 6.47. The van der Waals surface area contributed by atoms with Crippen molar-refractivity contribution in [2.24, 2.45) is 0 Å². The first kappa shape index (κ1) is 22.6. The Morgan fingerprint density at radius 1 is 0.667 bits per heavy atom. The molecular weight excluding hydrogens is 440 g/mol. The number of benzene rings is 3. The molecule has 3 aromatic carbocycles. The Morgan fingerprint density at radius 3 is 1.82 bits per heavy atom. The highest BCUT2D eigenvalue weighted by Crippen LogP contribution is 2.37. The first-order valence-corrected chi connectivity index (χ1v) is 10.7. The van der Waals surface area contributed by atoms with Crippen LogP contribution in [0.15, 0.2) is 60.7 Å². The number of nitrogens with zero attached hydrogens (tertiary/aromatic N) is 2. The second-order valence-electron chi connectivity index (χ2n) is 7.40. The molecule has 0 N–H and O–H groups in total. The molecule has 1 heterocycles. The predicted molar refractivity (Wildman–Crippen MR) is 130 cm³/mol. The van der Waals surface area contributed by atoms with Crippen LogP contribution in [0.4, 0.5) is 0 Å². The summed E-state index contributed by atoms with van der Waals surface area (Å²) in [5.74, 6) is 2.59. The lowest BCUT2D eigenvalue weighted by Gasteiger charge is -2.12. The highest BCUT2D eigenvalue weighted by Gasteiger charge is 2.17. The van der Waals surface area contributed by atoms with E-state index in [0.29, 0.717) is 28.0 Å². The van der Waals surface area contributed by atoms with Crippen LogP contribution < -0.4 is 18.9 Å². The summed E-state index contributed by atoms with van der Waals surface area (Å²) in [5, 5.41) is 5.59. The number of aromatic nitrogens is 2. The Bertz CT molecular complexity index is 1300. The third kappa shape index (κ3) is 4.34. The van der Waals surface area contributed by atoms with E-state index in [-0.39, 0.29) is 0 Å². The average Bonchev–Trinajstić information content (AvgIpc) is 3.30. The lowest BCUT2D eigenvalue weighted by atomic mass is 10.1. The molecule has 33 heavy (non-hydrogen) atoms. The molecule has 0 aliphatic carbocycles. The fourth-order valence-corrected chi connectivity index (χ4v) is 3.80. The van der Waals surface area contributed by atoms with Gasteiger partial charge in [0.2, 0.25) is 0 Å². The number of hydrogen-bond donors (Lipinski definition) is 0. The molecule has 4 aromatic rings. The molecule has 7 heteroatoms. The molecule has 0 bridgehead atoms. The van der Waals surface area contributed by atoms with Gasteiger partial charge in [-0.3, -0.25) is 0 Å². The molecule has 0 unspecified atom stereocenters. The van der Waals surface area contributed by atoms with Crippen LogP contribution in [0.1, 0.15) is 5.56 Å². The van der Waals surface area contributed by atoms with E-state index in [2.05, 4.69) is 0 Å². The SMILES string of the molecule is COc1ccc(-c2cc(-c3ccc(OC)c(OC)c3)n(-c3ccc(C)c(Cl)c3)n2)cc1OC. The van der Waals surface area contributed by atoms with Gasteiger partial charge in [-0.15, -0.1) is 0 Å². The van der Waals surface area contributed by atoms with Crippen molar-refractivity contribution in [1.82, 2.24) is 9.78 Å². The largest absolute Gasteiger partial charge is 0.493 e. The zero-order valence-electron chi connectivity index (χ0n) is 19.2. The topological polar surface area (TPSA) is 54.7 Å². The fourth-order valence-electron chi connectivity index (χ4n) is 3.63. The van der Waals surface area contributed by atoms with E-state index in [0.717, 1.165) is 33.8 Å². The molecule has 4 rings (SSSR count). The molecule has 0 spiro atoms. The van der Waals surface area contributed by atoms with E-state index >= 15 is 0 Å². The van der Waals surface area contributed by atoms with Gasteiger partial charge in [-0.25, -0.2) is 4.68 Å². The lowest BCUT2D eigenvalue weighted by molar-refractivity contribution is 0.355. The van der Waals surface area contributed by atoms with Crippen LogP contribution in [-0.4, -0.2) is 38.2 Å². The van der Waals surface area contributed by atoms with E-state index in [1.165, 1.54) is 0 Å². The summed E-state index contributed by atoms with van der Waals surface area (Å²) < 4.78 is 23.7. The van der Waals surface area contributed by atoms with Gasteiger partial charge in [0.25, 0.3) is 0 Å². The molecule has 0 saturated carbocycles. The quantitative estimate of drug-likeness (QED) is 0.326. The lowest BCUT2D eigenvalue weighted by Crippen LogP contribution is -2.00. The van der Waals surface area contributed by atoms with Crippen molar-refractivity contribution < 1.29 is 18.9 Å². The molecule has 0 radical (unpaired) electrons. The van der Waals surface area contributed by atoms with Crippen molar-refractivity contribution in [3.05, 3.63) is 71.2 Å². The Labute approximate surface area is 198 Å². The van der Waals surface area contributed by atoms with Crippen LogP contribution in [0, 0.1) is 6.92 Å². The van der Waals surface area contributed by atoms with Gasteiger partial charge >= 0.3 is 0 Å². The number of methoxy groups -OCH3 is 4. The summed E-state index contributed by atoms with van der Waals surface area (Å²) in [4.78, 5) is 0. The normalized spacial score (nSPS) is 10.7. The highest BCUT2D eigenvalue weighted by molar-refractivity contribution is 6.31. The summed E-state index contributed by atoms with van der Waals surface area (Å²) in [6, 6.07) is 19.4. The Hall–Kier alpha value is -3.64. The standard InChI is InChI=1S/C26H25ClN2O4/c1-16-6-9-19(14-20(16)27)29-22(18-8-11-24(31-3)26(13-18)33-5)15-21(28-29)17-7-10-23(30-2)25(12-17)32-4/h6-15H,1-5H3. The summed E-state index contributed by atoms with van der Waals surface area (Å²) in [6.45, 7) is 1.97. The second kappa shape index (κ2) is 9.46. The minimum Gasteiger partial charge on any atom is -0.493 e. The molecule has 6 nitrogen and oxygen atoms in total. The van der Waals surface area contributed by atoms with Gasteiger partial charge in [0, 0.05) is 16.1 Å². The van der Waals surface area contributed by atoms with E-state index in [9.17, 15) is 0 Å². The first-order valence-electron chi connectivity index (χ1n) is 10.3. The van der Waals surface area contributed by atoms with E-state index in [1.807, 2.05) is 72.3 Å². The first-order chi connectivity index (χ1) is 16.0. The van der Waals surface area contributed by atoms with Gasteiger partial charge < -0.3 is 18.9 Å². The summed E-state index contributed by atoms with van der Waals surface area (Å²) in [6.07, 6.45) is 0. The van der Waals surface area contributed by atoms with Gasteiger partial charge in [-0.1, -0.05) is 17.7 Å². The minimum absolute atomic E-state index is 0.635. The van der Waals surface area contributed by atoms with Crippen LogP contribution in [0.25, 0.3) is 28.2 Å². The van der Waals surface area contributed by atoms with Crippen LogP contribution in [-0.2, 0) is 0 Å². The van der Waals surface area contributed by atoms with Crippen molar-refractivity contribution in [3.63, 3.8) is 0 Å². The van der Waals surface area contributed by atoms with Crippen LogP contribution in [0.5, 0.6) is 23.0 Å². The van der Waals surface area contributed by atoms with Crippen molar-refractivity contribution in [1.29, 1.82) is 0 Å². The number of hydrogen-bond acceptors (Lipinski definition) is 5. The summed E-state index contributed by atoms with van der Waals surface area (Å²) >= 11 is 6.44. The maximum absolute atomic E-state index is 6.44. The average molecular weight is 465 g/mol. The van der Waals surface area contributed by atoms with Gasteiger partial charge in [-0.05, 0) is 67.1 Å². The smallest absolute Gasteiger partial charge is 0.161 e. The van der Waals surface area contributed by atoms with Gasteiger partial charge in [-0.2, -0.15) is 5.10 Å². The fraction of sp³-hybridized carbons (Fsp3) is 0.192. The van der Waals surface area contributed by atoms with Gasteiger partial charge in [0.1, 0.15) is 0 Å². The second-order valence-corrected chi connectivity index (χ2v) is 7.81. The molecular formula is C26H25ClN2O4. The number of rotatable bonds is 7. The zero-order valence-corrected chi connectivity index (χ0v) is 19.9. The van der Waals surface area contributed by atoms with Crippen molar-refractivity contribution in [2.45, 2.75) is 6.92 Å². The maximum Gasteiger partial charge on any atom is 0.161 e. The van der Waals surface area contributed by atoms with E-state index in [4.69, 9.17) is 35.6 Å². The van der Waals surface area contributed by atoms with E-state index in [1.54, 1.807) is 28.4 Å². The molecule has 0 aliphatic rings. The zero-order chi connectivity index (χ0) is 23.5. The maximum atomic E-state index is 6.44. The van der Waals surface area contributed by atoms with E-state index < -0.39 is 0 Å². The monoisotopic (exact) mass is 464 g/mol. The number of aryl methyl sites for hydroxylation is 1. The highest BCUT2D eigenvalue weighted by atomic mass is 35.5. The molecule has 0 fully saturated rings. The number of ether oxygens (including phenoxy) is 4. The minimum atomic E-state index is 0.635. The van der Waals surface area contributed by atoms with Crippen molar-refractivity contribution in [2.75, 3.05) is 28.4 Å². The van der Waals surface area contributed by atoms with Crippen molar-refractivity contribution >= 4 is 11.6 Å². The Balaban J connectivity index is 1.91. The van der Waals surface area contributed by atoms with Crippen molar-refractivity contribution in [3.8, 4) is 51.2 Å². The molecule has 170 valence electrons. The van der Waals surface area contributed by atoms with Gasteiger partial charge in [0.15, 0.2) is 23.0 Å². The molecule has 1 aromatic heterocycles. The summed E-state index contributed by atoms with van der Waals surface area (Å²) in [5.41, 5.74) is 5.32. The molecule has 0 amide bonds. The summed E-state index contributed by atoms with van der Waals surface area (Å²) in [7, 11) is 6.46. The molecule has 0 atom stereocenters. The molecule has 0 saturated heterocycles. The number of halogens is 1. The van der Waals surface area contributed by atoms with Gasteiger partial charge in [0.05, 0.1) is 45.5 Å². The third-order valence-corrected chi connectivity index (χ3v) is 5.88. The molecule has 0 aliphatic heterocycles.